The number of methoxy groups -OCH3 is 1. The second-order valence-electron chi connectivity index (χ2n) is 4.01. The van der Waals surface area contributed by atoms with E-state index >= 15 is 0 Å². The number of aromatic nitrogens is 1. The molecule has 0 amide bonds. The topological polar surface area (TPSA) is 43.4 Å². The van der Waals surface area contributed by atoms with E-state index in [2.05, 4.69) is 42.2 Å². The quantitative estimate of drug-likeness (QED) is 0.813. The van der Waals surface area contributed by atoms with Crippen molar-refractivity contribution in [3.63, 3.8) is 0 Å². The van der Waals surface area contributed by atoms with Gasteiger partial charge in [-0.2, -0.15) is 0 Å². The summed E-state index contributed by atoms with van der Waals surface area (Å²) < 4.78 is 12.7. The molecule has 0 fully saturated rings. The van der Waals surface area contributed by atoms with Gasteiger partial charge in [0.05, 0.1) is 16.1 Å². The first-order valence-electron chi connectivity index (χ1n) is 5.92. The fraction of sp³-hybridized carbons (Fsp3) is 0.214. The Labute approximate surface area is 134 Å². The van der Waals surface area contributed by atoms with Crippen molar-refractivity contribution in [1.29, 1.82) is 0 Å². The smallest absolute Gasteiger partial charge is 0.135 e. The SMILES string of the molecule is CNc1cc(COc2cc(Br)c(OC)cc2Br)ccn1. The van der Waals surface area contributed by atoms with Gasteiger partial charge in [0.1, 0.15) is 23.9 Å². The van der Waals surface area contributed by atoms with E-state index in [0.717, 1.165) is 31.8 Å². The Hall–Kier alpha value is -1.27. The lowest BCUT2D eigenvalue weighted by Crippen LogP contribution is -1.99. The summed E-state index contributed by atoms with van der Waals surface area (Å²) in [4.78, 5) is 4.17. The van der Waals surface area contributed by atoms with Crippen LogP contribution in [0, 0.1) is 0 Å². The predicted molar refractivity (Wildman–Crippen MR) is 86.5 cm³/mol. The highest BCUT2D eigenvalue weighted by molar-refractivity contribution is 9.11. The highest BCUT2D eigenvalue weighted by atomic mass is 79.9. The molecule has 1 aromatic carbocycles. The lowest BCUT2D eigenvalue weighted by atomic mass is 10.2. The zero-order chi connectivity index (χ0) is 14.5. The largest absolute Gasteiger partial charge is 0.496 e. The van der Waals surface area contributed by atoms with Gasteiger partial charge in [0.2, 0.25) is 0 Å². The van der Waals surface area contributed by atoms with E-state index in [9.17, 15) is 0 Å². The van der Waals surface area contributed by atoms with Crippen molar-refractivity contribution < 1.29 is 9.47 Å². The van der Waals surface area contributed by atoms with Gasteiger partial charge in [0.25, 0.3) is 0 Å². The van der Waals surface area contributed by atoms with Crippen LogP contribution in [0.15, 0.2) is 39.4 Å². The van der Waals surface area contributed by atoms with Crippen LogP contribution in [0.25, 0.3) is 0 Å². The zero-order valence-electron chi connectivity index (χ0n) is 11.1. The number of pyridine rings is 1. The first-order valence-corrected chi connectivity index (χ1v) is 7.51. The van der Waals surface area contributed by atoms with Crippen LogP contribution < -0.4 is 14.8 Å². The summed E-state index contributed by atoms with van der Waals surface area (Å²) in [5, 5.41) is 3.00. The normalized spacial score (nSPS) is 10.2. The van der Waals surface area contributed by atoms with Crippen LogP contribution in [-0.4, -0.2) is 19.1 Å². The highest BCUT2D eigenvalue weighted by Gasteiger charge is 2.08. The fourth-order valence-corrected chi connectivity index (χ4v) is 2.56. The second-order valence-corrected chi connectivity index (χ2v) is 5.71. The molecular weight excluding hydrogens is 388 g/mol. The standard InChI is InChI=1S/C14H14Br2N2O2/c1-17-14-5-9(3-4-18-14)8-20-13-7-10(15)12(19-2)6-11(13)16/h3-7H,8H2,1-2H3,(H,17,18). The third kappa shape index (κ3) is 3.64. The molecule has 1 heterocycles. The Morgan fingerprint density at radius 1 is 1.15 bits per heavy atom. The van der Waals surface area contributed by atoms with Crippen molar-refractivity contribution in [1.82, 2.24) is 4.98 Å². The lowest BCUT2D eigenvalue weighted by Gasteiger charge is -2.11. The van der Waals surface area contributed by atoms with E-state index in [1.165, 1.54) is 0 Å². The average Bonchev–Trinajstić information content (AvgIpc) is 2.48. The molecule has 1 N–H and O–H groups in total. The summed E-state index contributed by atoms with van der Waals surface area (Å²) in [5.74, 6) is 2.33. The minimum Gasteiger partial charge on any atom is -0.496 e. The zero-order valence-corrected chi connectivity index (χ0v) is 14.3. The average molecular weight is 402 g/mol. The molecule has 6 heteroatoms. The number of halogens is 2. The van der Waals surface area contributed by atoms with Crippen molar-refractivity contribution in [2.75, 3.05) is 19.5 Å². The molecule has 2 aromatic rings. The van der Waals surface area contributed by atoms with E-state index in [1.54, 1.807) is 13.3 Å². The predicted octanol–water partition coefficient (Wildman–Crippen LogP) is 4.24. The van der Waals surface area contributed by atoms with Gasteiger partial charge in [-0.1, -0.05) is 0 Å². The van der Waals surface area contributed by atoms with Gasteiger partial charge in [-0.3, -0.25) is 0 Å². The van der Waals surface area contributed by atoms with E-state index in [1.807, 2.05) is 31.3 Å². The molecule has 0 aliphatic carbocycles. The summed E-state index contributed by atoms with van der Waals surface area (Å²) in [7, 11) is 3.47. The van der Waals surface area contributed by atoms with Crippen LogP contribution in [0.1, 0.15) is 5.56 Å². The molecule has 4 nitrogen and oxygen atoms in total. The summed E-state index contributed by atoms with van der Waals surface area (Å²) in [5.41, 5.74) is 1.04. The summed E-state index contributed by atoms with van der Waals surface area (Å²) in [6.45, 7) is 0.467. The van der Waals surface area contributed by atoms with Crippen molar-refractivity contribution in [2.24, 2.45) is 0 Å². The molecular formula is C14H14Br2N2O2. The maximum absolute atomic E-state index is 5.81. The van der Waals surface area contributed by atoms with E-state index in [0.29, 0.717) is 6.61 Å². The molecule has 0 saturated heterocycles. The van der Waals surface area contributed by atoms with Gasteiger partial charge in [-0.25, -0.2) is 4.98 Å². The summed E-state index contributed by atoms with van der Waals surface area (Å²) >= 11 is 6.92. The van der Waals surface area contributed by atoms with Gasteiger partial charge in [-0.05, 0) is 61.7 Å². The van der Waals surface area contributed by atoms with E-state index in [-0.39, 0.29) is 0 Å². The number of benzene rings is 1. The van der Waals surface area contributed by atoms with Crippen LogP contribution in [0.5, 0.6) is 11.5 Å². The molecule has 0 unspecified atom stereocenters. The van der Waals surface area contributed by atoms with Gasteiger partial charge in [-0.15, -0.1) is 0 Å². The Bertz CT molecular complexity index is 606. The Morgan fingerprint density at radius 2 is 1.85 bits per heavy atom. The lowest BCUT2D eigenvalue weighted by molar-refractivity contribution is 0.303. The molecule has 0 spiro atoms. The van der Waals surface area contributed by atoms with Crippen molar-refractivity contribution in [3.8, 4) is 11.5 Å². The minimum absolute atomic E-state index is 0.467. The first-order chi connectivity index (χ1) is 9.63. The molecule has 106 valence electrons. The molecule has 2 rings (SSSR count). The molecule has 0 atom stereocenters. The molecule has 0 bridgehead atoms. The Balaban J connectivity index is 2.12. The molecule has 0 aliphatic rings. The number of hydrogen-bond acceptors (Lipinski definition) is 4. The van der Waals surface area contributed by atoms with Crippen molar-refractivity contribution >= 4 is 37.7 Å². The number of rotatable bonds is 5. The summed E-state index contributed by atoms with van der Waals surface area (Å²) in [6.07, 6.45) is 1.75. The van der Waals surface area contributed by atoms with Gasteiger partial charge >= 0.3 is 0 Å². The number of hydrogen-bond donors (Lipinski definition) is 1. The van der Waals surface area contributed by atoms with Crippen LogP contribution in [0.3, 0.4) is 0 Å². The Kier molecular flexibility index (Phi) is 5.25. The van der Waals surface area contributed by atoms with E-state index < -0.39 is 0 Å². The number of anilines is 1. The third-order valence-corrected chi connectivity index (χ3v) is 3.92. The van der Waals surface area contributed by atoms with Gasteiger partial charge < -0.3 is 14.8 Å². The minimum atomic E-state index is 0.467. The number of nitrogens with zero attached hydrogens (tertiary/aromatic N) is 1. The van der Waals surface area contributed by atoms with Crippen molar-refractivity contribution in [3.05, 3.63) is 45.0 Å². The van der Waals surface area contributed by atoms with Crippen molar-refractivity contribution in [2.45, 2.75) is 6.61 Å². The molecule has 0 saturated carbocycles. The molecule has 0 aliphatic heterocycles. The third-order valence-electron chi connectivity index (χ3n) is 2.68. The maximum atomic E-state index is 5.81. The molecule has 1 aromatic heterocycles. The number of ether oxygens (including phenoxy) is 2. The van der Waals surface area contributed by atoms with Crippen LogP contribution in [0.4, 0.5) is 5.82 Å². The Morgan fingerprint density at radius 3 is 2.55 bits per heavy atom. The van der Waals surface area contributed by atoms with Gasteiger partial charge in [0, 0.05) is 13.2 Å². The highest BCUT2D eigenvalue weighted by Crippen LogP contribution is 2.36. The molecule has 0 radical (unpaired) electrons. The second kappa shape index (κ2) is 6.95. The van der Waals surface area contributed by atoms with Crippen LogP contribution >= 0.6 is 31.9 Å². The van der Waals surface area contributed by atoms with Crippen LogP contribution in [0.2, 0.25) is 0 Å². The van der Waals surface area contributed by atoms with E-state index in [4.69, 9.17) is 9.47 Å². The summed E-state index contributed by atoms with van der Waals surface area (Å²) in [6, 6.07) is 7.62. The maximum Gasteiger partial charge on any atom is 0.135 e. The first kappa shape index (κ1) is 15.1. The fourth-order valence-electron chi connectivity index (χ4n) is 1.64. The molecule has 20 heavy (non-hydrogen) atoms. The number of nitrogens with one attached hydrogen (secondary N) is 1. The van der Waals surface area contributed by atoms with Gasteiger partial charge in [0.15, 0.2) is 0 Å². The monoisotopic (exact) mass is 400 g/mol. The van der Waals surface area contributed by atoms with Crippen LogP contribution in [-0.2, 0) is 6.61 Å².